The fourth-order valence-electron chi connectivity index (χ4n) is 2.70. The van der Waals surface area contributed by atoms with Gasteiger partial charge in [0.05, 0.1) is 12.1 Å². The van der Waals surface area contributed by atoms with Gasteiger partial charge in [0.2, 0.25) is 0 Å². The average molecular weight is 290 g/mol. The van der Waals surface area contributed by atoms with Crippen LogP contribution in [0.3, 0.4) is 0 Å². The molecule has 2 fully saturated rings. The number of carbonyl (C=O) groups excluding carboxylic acids is 1. The average Bonchev–Trinajstić information content (AvgIpc) is 3.01. The minimum atomic E-state index is -0.515. The lowest BCUT2D eigenvalue weighted by Crippen LogP contribution is -2.48. The first-order valence-corrected chi connectivity index (χ1v) is 6.73. The Morgan fingerprint density at radius 1 is 1.48 bits per heavy atom. The molecule has 0 bridgehead atoms. The Labute approximate surface area is 121 Å². The van der Waals surface area contributed by atoms with E-state index in [1.54, 1.807) is 6.07 Å². The molecular formula is C15H15FN2O3. The van der Waals surface area contributed by atoms with Crippen molar-refractivity contribution in [2.24, 2.45) is 0 Å². The molecule has 3 rings (SSSR count). The Morgan fingerprint density at radius 2 is 2.33 bits per heavy atom. The van der Waals surface area contributed by atoms with Gasteiger partial charge in [0.25, 0.3) is 0 Å². The summed E-state index contributed by atoms with van der Waals surface area (Å²) in [6.45, 7) is 0.594. The molecule has 0 spiro atoms. The minimum absolute atomic E-state index is 0.0782. The fraction of sp³-hybridized carbons (Fsp3) is 0.400. The topological polar surface area (TPSA) is 59.6 Å². The van der Waals surface area contributed by atoms with Crippen molar-refractivity contribution in [3.05, 3.63) is 30.1 Å². The molecule has 0 aliphatic carbocycles. The van der Waals surface area contributed by atoms with Gasteiger partial charge < -0.3 is 20.1 Å². The molecular weight excluding hydrogens is 275 g/mol. The number of halogens is 1. The van der Waals surface area contributed by atoms with Crippen LogP contribution in [0.2, 0.25) is 0 Å². The summed E-state index contributed by atoms with van der Waals surface area (Å²) in [5, 5.41) is 5.32. The van der Waals surface area contributed by atoms with Gasteiger partial charge >= 0.3 is 6.03 Å². The number of urea groups is 1. The molecule has 110 valence electrons. The van der Waals surface area contributed by atoms with Crippen molar-refractivity contribution in [3.63, 3.8) is 0 Å². The lowest BCUT2D eigenvalue weighted by Gasteiger charge is -2.20. The van der Waals surface area contributed by atoms with E-state index in [1.807, 2.05) is 0 Å². The van der Waals surface area contributed by atoms with E-state index < -0.39 is 24.0 Å². The van der Waals surface area contributed by atoms with Crippen LogP contribution in [-0.4, -0.2) is 37.0 Å². The van der Waals surface area contributed by atoms with Gasteiger partial charge in [-0.15, -0.1) is 6.42 Å². The number of carbonyl (C=O) groups is 1. The van der Waals surface area contributed by atoms with E-state index in [0.717, 1.165) is 6.42 Å². The lowest BCUT2D eigenvalue weighted by molar-refractivity contribution is 0.0589. The molecule has 2 heterocycles. The van der Waals surface area contributed by atoms with Crippen molar-refractivity contribution < 1.29 is 18.7 Å². The van der Waals surface area contributed by atoms with E-state index in [9.17, 15) is 9.18 Å². The normalized spacial score (nSPS) is 30.5. The predicted octanol–water partition coefficient (Wildman–Crippen LogP) is 1.51. The van der Waals surface area contributed by atoms with Crippen LogP contribution in [0.25, 0.3) is 0 Å². The molecule has 0 aromatic heterocycles. The number of rotatable bonds is 2. The van der Waals surface area contributed by atoms with Crippen molar-refractivity contribution in [2.45, 2.75) is 30.8 Å². The lowest BCUT2D eigenvalue weighted by atomic mass is 10.1. The van der Waals surface area contributed by atoms with Crippen LogP contribution in [0.4, 0.5) is 14.9 Å². The Morgan fingerprint density at radius 3 is 3.10 bits per heavy atom. The molecule has 1 unspecified atom stereocenters. The third kappa shape index (κ3) is 2.84. The first kappa shape index (κ1) is 13.9. The molecule has 2 aliphatic heterocycles. The third-order valence-corrected chi connectivity index (χ3v) is 3.63. The van der Waals surface area contributed by atoms with Crippen molar-refractivity contribution in [2.75, 3.05) is 11.9 Å². The molecule has 2 aliphatic rings. The van der Waals surface area contributed by atoms with E-state index in [4.69, 9.17) is 15.9 Å². The highest BCUT2D eigenvalue weighted by atomic mass is 19.1. The molecule has 6 heteroatoms. The Balaban J connectivity index is 1.65. The van der Waals surface area contributed by atoms with E-state index >= 15 is 0 Å². The van der Waals surface area contributed by atoms with E-state index in [1.165, 1.54) is 18.2 Å². The zero-order valence-electron chi connectivity index (χ0n) is 11.2. The Hall–Kier alpha value is -2.10. The van der Waals surface area contributed by atoms with E-state index in [0.29, 0.717) is 12.3 Å². The number of terminal acetylenes is 1. The van der Waals surface area contributed by atoms with Crippen LogP contribution in [0.5, 0.6) is 0 Å². The minimum Gasteiger partial charge on any atom is -0.373 e. The van der Waals surface area contributed by atoms with Crippen LogP contribution < -0.4 is 10.6 Å². The SMILES string of the molecule is C#CC1O[C@@H]2CCO[C@@H]2[C@H]1NC(=O)Nc1cccc(F)c1. The van der Waals surface area contributed by atoms with Crippen molar-refractivity contribution >= 4 is 11.7 Å². The van der Waals surface area contributed by atoms with Gasteiger partial charge in [0, 0.05) is 12.3 Å². The zero-order valence-corrected chi connectivity index (χ0v) is 11.2. The second-order valence-corrected chi connectivity index (χ2v) is 5.02. The van der Waals surface area contributed by atoms with Gasteiger partial charge in [-0.25, -0.2) is 9.18 Å². The predicted molar refractivity (Wildman–Crippen MR) is 74.2 cm³/mol. The van der Waals surface area contributed by atoms with Crippen LogP contribution >= 0.6 is 0 Å². The summed E-state index contributed by atoms with van der Waals surface area (Å²) in [4.78, 5) is 12.0. The zero-order chi connectivity index (χ0) is 14.8. The number of benzene rings is 1. The van der Waals surface area contributed by atoms with Gasteiger partial charge in [0.1, 0.15) is 18.0 Å². The second-order valence-electron chi connectivity index (χ2n) is 5.02. The fourth-order valence-corrected chi connectivity index (χ4v) is 2.70. The standard InChI is InChI=1S/C15H15FN2O3/c1-2-11-13(14-12(21-11)6-7-20-14)18-15(19)17-10-5-3-4-9(16)8-10/h1,3-5,8,11-14H,6-7H2,(H2,17,18,19)/t11?,12-,13+,14+/m1/s1. The molecule has 1 aromatic carbocycles. The van der Waals surface area contributed by atoms with Crippen LogP contribution in [0.15, 0.2) is 24.3 Å². The highest BCUT2D eigenvalue weighted by molar-refractivity contribution is 5.89. The first-order chi connectivity index (χ1) is 10.2. The molecule has 2 saturated heterocycles. The Kier molecular flexibility index (Phi) is 3.78. The highest BCUT2D eigenvalue weighted by Gasteiger charge is 2.48. The van der Waals surface area contributed by atoms with E-state index in [2.05, 4.69) is 16.6 Å². The van der Waals surface area contributed by atoms with Gasteiger partial charge in [0.15, 0.2) is 0 Å². The second kappa shape index (κ2) is 5.72. The summed E-state index contributed by atoms with van der Waals surface area (Å²) in [5.74, 6) is 2.10. The number of amides is 2. The summed E-state index contributed by atoms with van der Waals surface area (Å²) in [7, 11) is 0. The third-order valence-electron chi connectivity index (χ3n) is 3.63. The summed E-state index contributed by atoms with van der Waals surface area (Å²) >= 11 is 0. The molecule has 1 aromatic rings. The first-order valence-electron chi connectivity index (χ1n) is 6.73. The Bertz CT molecular complexity index is 587. The van der Waals surface area contributed by atoms with Gasteiger partial charge in [-0.3, -0.25) is 0 Å². The van der Waals surface area contributed by atoms with Crippen molar-refractivity contribution in [1.29, 1.82) is 0 Å². The smallest absolute Gasteiger partial charge is 0.319 e. The maximum atomic E-state index is 13.1. The van der Waals surface area contributed by atoms with Gasteiger partial charge in [-0.2, -0.15) is 0 Å². The van der Waals surface area contributed by atoms with Gasteiger partial charge in [-0.1, -0.05) is 12.0 Å². The molecule has 2 amide bonds. The molecule has 4 atom stereocenters. The van der Waals surface area contributed by atoms with E-state index in [-0.39, 0.29) is 12.2 Å². The number of ether oxygens (including phenoxy) is 2. The number of nitrogens with one attached hydrogen (secondary N) is 2. The molecule has 0 saturated carbocycles. The monoisotopic (exact) mass is 290 g/mol. The van der Waals surface area contributed by atoms with Crippen molar-refractivity contribution in [3.8, 4) is 12.3 Å². The summed E-state index contributed by atoms with van der Waals surface area (Å²) in [6.07, 6.45) is 5.37. The quantitative estimate of drug-likeness (QED) is 0.812. The summed E-state index contributed by atoms with van der Waals surface area (Å²) < 4.78 is 24.3. The van der Waals surface area contributed by atoms with Crippen molar-refractivity contribution in [1.82, 2.24) is 5.32 Å². The molecule has 21 heavy (non-hydrogen) atoms. The number of hydrogen-bond acceptors (Lipinski definition) is 3. The molecule has 0 radical (unpaired) electrons. The van der Waals surface area contributed by atoms with Crippen LogP contribution in [-0.2, 0) is 9.47 Å². The molecule has 5 nitrogen and oxygen atoms in total. The van der Waals surface area contributed by atoms with Crippen LogP contribution in [0.1, 0.15) is 6.42 Å². The highest BCUT2D eigenvalue weighted by Crippen LogP contribution is 2.30. The maximum absolute atomic E-state index is 13.1. The number of hydrogen-bond donors (Lipinski definition) is 2. The molecule has 2 N–H and O–H groups in total. The largest absolute Gasteiger partial charge is 0.373 e. The maximum Gasteiger partial charge on any atom is 0.319 e. The summed E-state index contributed by atoms with van der Waals surface area (Å²) in [6, 6.07) is 4.78. The van der Waals surface area contributed by atoms with Gasteiger partial charge in [-0.05, 0) is 24.6 Å². The summed E-state index contributed by atoms with van der Waals surface area (Å²) in [5.41, 5.74) is 0.368. The number of fused-ring (bicyclic) bond motifs is 1. The number of anilines is 1. The van der Waals surface area contributed by atoms with Crippen LogP contribution in [0, 0.1) is 18.2 Å².